The van der Waals surface area contributed by atoms with Crippen LogP contribution < -0.4 is 0 Å². The average Bonchev–Trinajstić information content (AvgIpc) is 3.29. The van der Waals surface area contributed by atoms with E-state index in [9.17, 15) is 0 Å². The van der Waals surface area contributed by atoms with Gasteiger partial charge in [-0.05, 0) is 31.9 Å². The molecule has 6 heteroatoms. The molecule has 3 heterocycles. The second-order valence-corrected chi connectivity index (χ2v) is 6.40. The monoisotopic (exact) mass is 323 g/mol. The molecule has 124 valence electrons. The van der Waals surface area contributed by atoms with E-state index in [4.69, 9.17) is 4.52 Å². The lowest BCUT2D eigenvalue weighted by Crippen LogP contribution is -2.22. The number of nitrogens with zero attached hydrogens (tertiary/aromatic N) is 5. The topological polar surface area (TPSA) is 60.0 Å². The SMILES string of the molecule is Cc1ccccc1-c1noc(CN2CCC[C@H]2c2cnn(C)c2)n1. The molecule has 0 N–H and O–H groups in total. The van der Waals surface area contributed by atoms with Crippen molar-refractivity contribution < 1.29 is 4.52 Å². The van der Waals surface area contributed by atoms with E-state index in [2.05, 4.69) is 39.3 Å². The second kappa shape index (κ2) is 6.20. The third-order valence-electron chi connectivity index (χ3n) is 4.67. The zero-order chi connectivity index (χ0) is 16.5. The minimum absolute atomic E-state index is 0.382. The Morgan fingerprint density at radius 2 is 2.17 bits per heavy atom. The van der Waals surface area contributed by atoms with E-state index in [1.165, 1.54) is 12.0 Å². The fourth-order valence-corrected chi connectivity index (χ4v) is 3.43. The van der Waals surface area contributed by atoms with Gasteiger partial charge in [-0.2, -0.15) is 10.1 Å². The van der Waals surface area contributed by atoms with Crippen LogP contribution in [0.25, 0.3) is 11.4 Å². The van der Waals surface area contributed by atoms with E-state index in [0.717, 1.165) is 24.1 Å². The molecule has 0 unspecified atom stereocenters. The highest BCUT2D eigenvalue weighted by Crippen LogP contribution is 2.32. The maximum absolute atomic E-state index is 5.50. The predicted molar refractivity (Wildman–Crippen MR) is 90.1 cm³/mol. The number of hydrogen-bond acceptors (Lipinski definition) is 5. The van der Waals surface area contributed by atoms with Crippen LogP contribution in [-0.2, 0) is 13.6 Å². The van der Waals surface area contributed by atoms with Crippen LogP contribution in [0.4, 0.5) is 0 Å². The van der Waals surface area contributed by atoms with Crippen molar-refractivity contribution in [2.75, 3.05) is 6.54 Å². The average molecular weight is 323 g/mol. The van der Waals surface area contributed by atoms with Gasteiger partial charge in [0, 0.05) is 30.4 Å². The molecule has 0 amide bonds. The molecular formula is C18H21N5O. The predicted octanol–water partition coefficient (Wildman–Crippen LogP) is 3.12. The number of benzene rings is 1. The zero-order valence-corrected chi connectivity index (χ0v) is 14.0. The summed E-state index contributed by atoms with van der Waals surface area (Å²) >= 11 is 0. The van der Waals surface area contributed by atoms with Crippen molar-refractivity contribution in [3.8, 4) is 11.4 Å². The minimum atomic E-state index is 0.382. The largest absolute Gasteiger partial charge is 0.338 e. The van der Waals surface area contributed by atoms with Gasteiger partial charge < -0.3 is 4.52 Å². The van der Waals surface area contributed by atoms with E-state index in [-0.39, 0.29) is 0 Å². The lowest BCUT2D eigenvalue weighted by atomic mass is 10.1. The summed E-state index contributed by atoms with van der Waals surface area (Å²) in [5, 5.41) is 8.46. The summed E-state index contributed by atoms with van der Waals surface area (Å²) in [7, 11) is 1.95. The number of likely N-dealkylation sites (tertiary alicyclic amines) is 1. The molecule has 3 aromatic rings. The molecule has 0 saturated carbocycles. The van der Waals surface area contributed by atoms with Gasteiger partial charge in [-0.1, -0.05) is 29.4 Å². The first-order chi connectivity index (χ1) is 11.7. The number of aryl methyl sites for hydroxylation is 2. The lowest BCUT2D eigenvalue weighted by molar-refractivity contribution is 0.212. The van der Waals surface area contributed by atoms with Gasteiger partial charge in [-0.25, -0.2) is 0 Å². The Morgan fingerprint density at radius 1 is 1.29 bits per heavy atom. The minimum Gasteiger partial charge on any atom is -0.338 e. The molecule has 1 aliphatic heterocycles. The Balaban J connectivity index is 1.52. The first-order valence-electron chi connectivity index (χ1n) is 8.32. The van der Waals surface area contributed by atoms with Gasteiger partial charge in [0.25, 0.3) is 0 Å². The van der Waals surface area contributed by atoms with E-state index < -0.39 is 0 Å². The van der Waals surface area contributed by atoms with Gasteiger partial charge in [0.1, 0.15) is 0 Å². The summed E-state index contributed by atoms with van der Waals surface area (Å²) in [5.41, 5.74) is 3.44. The van der Waals surface area contributed by atoms with Crippen LogP contribution in [0.3, 0.4) is 0 Å². The third kappa shape index (κ3) is 2.85. The van der Waals surface area contributed by atoms with Crippen molar-refractivity contribution in [1.82, 2.24) is 24.8 Å². The fraction of sp³-hybridized carbons (Fsp3) is 0.389. The van der Waals surface area contributed by atoms with Gasteiger partial charge in [-0.3, -0.25) is 9.58 Å². The van der Waals surface area contributed by atoms with Crippen LogP contribution in [0.1, 0.15) is 35.9 Å². The van der Waals surface area contributed by atoms with Crippen LogP contribution in [-0.4, -0.2) is 31.4 Å². The maximum Gasteiger partial charge on any atom is 0.241 e. The molecule has 1 aromatic carbocycles. The summed E-state index contributed by atoms with van der Waals surface area (Å²) in [5.74, 6) is 1.34. The molecule has 1 atom stereocenters. The summed E-state index contributed by atoms with van der Waals surface area (Å²) in [6, 6.07) is 8.48. The quantitative estimate of drug-likeness (QED) is 0.738. The number of hydrogen-bond donors (Lipinski definition) is 0. The Bertz CT molecular complexity index is 837. The molecule has 1 saturated heterocycles. The van der Waals surface area contributed by atoms with Crippen molar-refractivity contribution >= 4 is 0 Å². The molecule has 4 rings (SSSR count). The molecule has 0 aliphatic carbocycles. The van der Waals surface area contributed by atoms with Gasteiger partial charge in [0.15, 0.2) is 0 Å². The molecule has 1 fully saturated rings. The maximum atomic E-state index is 5.50. The summed E-state index contributed by atoms with van der Waals surface area (Å²) in [4.78, 5) is 6.99. The molecule has 0 spiro atoms. The number of aromatic nitrogens is 4. The van der Waals surface area contributed by atoms with Crippen LogP contribution in [0.2, 0.25) is 0 Å². The molecule has 2 aromatic heterocycles. The highest BCUT2D eigenvalue weighted by Gasteiger charge is 2.28. The summed E-state index contributed by atoms with van der Waals surface area (Å²) < 4.78 is 7.36. The van der Waals surface area contributed by atoms with Gasteiger partial charge >= 0.3 is 0 Å². The first-order valence-corrected chi connectivity index (χ1v) is 8.32. The zero-order valence-electron chi connectivity index (χ0n) is 14.0. The molecule has 24 heavy (non-hydrogen) atoms. The molecule has 0 radical (unpaired) electrons. The third-order valence-corrected chi connectivity index (χ3v) is 4.67. The molecule has 0 bridgehead atoms. The lowest BCUT2D eigenvalue weighted by Gasteiger charge is -2.21. The molecular weight excluding hydrogens is 302 g/mol. The Labute approximate surface area is 141 Å². The Morgan fingerprint density at radius 3 is 2.96 bits per heavy atom. The van der Waals surface area contributed by atoms with E-state index >= 15 is 0 Å². The van der Waals surface area contributed by atoms with Crippen LogP contribution in [0.5, 0.6) is 0 Å². The van der Waals surface area contributed by atoms with Gasteiger partial charge in [0.05, 0.1) is 12.7 Å². The van der Waals surface area contributed by atoms with E-state index in [1.54, 1.807) is 0 Å². The Hall–Kier alpha value is -2.47. The highest BCUT2D eigenvalue weighted by molar-refractivity contribution is 5.58. The summed E-state index contributed by atoms with van der Waals surface area (Å²) in [6.07, 6.45) is 6.37. The van der Waals surface area contributed by atoms with Crippen molar-refractivity contribution in [1.29, 1.82) is 0 Å². The van der Waals surface area contributed by atoms with Crippen molar-refractivity contribution in [2.45, 2.75) is 32.4 Å². The van der Waals surface area contributed by atoms with Crippen LogP contribution >= 0.6 is 0 Å². The van der Waals surface area contributed by atoms with Crippen molar-refractivity contribution in [3.63, 3.8) is 0 Å². The first kappa shape index (κ1) is 15.1. The molecule has 1 aliphatic rings. The normalized spacial score (nSPS) is 18.3. The Kier molecular flexibility index (Phi) is 3.90. The van der Waals surface area contributed by atoms with Crippen molar-refractivity contribution in [3.05, 3.63) is 53.7 Å². The fourth-order valence-electron chi connectivity index (χ4n) is 3.43. The summed E-state index contributed by atoms with van der Waals surface area (Å²) in [6.45, 7) is 3.78. The van der Waals surface area contributed by atoms with E-state index in [1.807, 2.05) is 36.1 Å². The van der Waals surface area contributed by atoms with Gasteiger partial charge in [0.2, 0.25) is 11.7 Å². The molecule has 6 nitrogen and oxygen atoms in total. The number of rotatable bonds is 4. The standard InChI is InChI=1S/C18H21N5O/c1-13-6-3-4-7-15(13)18-20-17(24-21-18)12-23-9-5-8-16(23)14-10-19-22(2)11-14/h3-4,6-7,10-11,16H,5,8-9,12H2,1-2H3/t16-/m0/s1. The van der Waals surface area contributed by atoms with Gasteiger partial charge in [-0.15, -0.1) is 0 Å². The highest BCUT2D eigenvalue weighted by atomic mass is 16.5. The smallest absolute Gasteiger partial charge is 0.241 e. The van der Waals surface area contributed by atoms with Crippen LogP contribution in [0.15, 0.2) is 41.2 Å². The second-order valence-electron chi connectivity index (χ2n) is 6.40. The van der Waals surface area contributed by atoms with E-state index in [0.29, 0.717) is 24.3 Å². The van der Waals surface area contributed by atoms with Crippen molar-refractivity contribution in [2.24, 2.45) is 7.05 Å². The van der Waals surface area contributed by atoms with Crippen LogP contribution in [0, 0.1) is 6.92 Å².